The largest absolute Gasteiger partial charge is 0.481 e. The van der Waals surface area contributed by atoms with Crippen LogP contribution in [0, 0.1) is 13.8 Å². The van der Waals surface area contributed by atoms with Crippen molar-refractivity contribution in [3.63, 3.8) is 0 Å². The Morgan fingerprint density at radius 1 is 1.15 bits per heavy atom. The summed E-state index contributed by atoms with van der Waals surface area (Å²) in [6.07, 6.45) is 1.01. The Morgan fingerprint density at radius 2 is 1.81 bits per heavy atom. The van der Waals surface area contributed by atoms with Crippen LogP contribution in [0.1, 0.15) is 48.1 Å². The number of nitrogens with one attached hydrogen (secondary N) is 2. The highest BCUT2D eigenvalue weighted by molar-refractivity contribution is 6.32. The highest BCUT2D eigenvalue weighted by atomic mass is 35.5. The van der Waals surface area contributed by atoms with E-state index >= 15 is 0 Å². The van der Waals surface area contributed by atoms with E-state index in [0.29, 0.717) is 18.1 Å². The summed E-state index contributed by atoms with van der Waals surface area (Å²) in [6.45, 7) is 7.12. The van der Waals surface area contributed by atoms with Gasteiger partial charge in [-0.1, -0.05) is 42.3 Å². The van der Waals surface area contributed by atoms with E-state index in [1.165, 1.54) is 5.56 Å². The molecule has 4 nitrogen and oxygen atoms in total. The van der Waals surface area contributed by atoms with E-state index in [2.05, 4.69) is 29.7 Å². The van der Waals surface area contributed by atoms with Crippen molar-refractivity contribution in [3.05, 3.63) is 62.6 Å². The average Bonchev–Trinajstić information content (AvgIpc) is 2.62. The van der Waals surface area contributed by atoms with Gasteiger partial charge in [-0.15, -0.1) is 0 Å². The molecule has 0 aromatic heterocycles. The van der Waals surface area contributed by atoms with E-state index in [0.717, 1.165) is 33.8 Å². The predicted molar refractivity (Wildman–Crippen MR) is 113 cm³/mol. The highest BCUT2D eigenvalue weighted by Crippen LogP contribution is 2.30. The fourth-order valence-electron chi connectivity index (χ4n) is 3.02. The maximum absolute atomic E-state index is 10.6. The Kier molecular flexibility index (Phi) is 7.96. The molecule has 0 saturated carbocycles. The summed E-state index contributed by atoms with van der Waals surface area (Å²) in [4.78, 5) is 10.6. The van der Waals surface area contributed by atoms with Crippen molar-refractivity contribution in [2.75, 3.05) is 11.9 Å². The summed E-state index contributed by atoms with van der Waals surface area (Å²) in [7, 11) is 0. The third-order valence-corrected chi connectivity index (χ3v) is 5.45. The number of aliphatic carboxylic acids is 1. The SMILES string of the molecule is CCC(Nc1ccc(Cl)c(CNCCC(=O)O)c1)c1cc(C)c(Cl)c(C)c1. The van der Waals surface area contributed by atoms with E-state index < -0.39 is 5.97 Å². The summed E-state index contributed by atoms with van der Waals surface area (Å²) in [5, 5.41) is 16.9. The van der Waals surface area contributed by atoms with Crippen molar-refractivity contribution in [1.29, 1.82) is 0 Å². The van der Waals surface area contributed by atoms with Gasteiger partial charge in [-0.05, 0) is 60.7 Å². The Morgan fingerprint density at radius 3 is 2.41 bits per heavy atom. The number of carboxylic acids is 1. The third kappa shape index (κ3) is 6.13. The first-order chi connectivity index (χ1) is 12.8. The standard InChI is InChI=1S/C21H26Cl2N2O2/c1-4-19(15-9-13(2)21(23)14(3)10-15)25-17-5-6-18(22)16(11-17)12-24-8-7-20(26)27/h5-6,9-11,19,24-25H,4,7-8,12H2,1-3H3,(H,26,27). The normalized spacial score (nSPS) is 12.0. The van der Waals surface area contributed by atoms with Crippen molar-refractivity contribution in [2.45, 2.75) is 46.2 Å². The number of aryl methyl sites for hydroxylation is 2. The predicted octanol–water partition coefficient (Wildman–Crippen LogP) is 5.74. The minimum Gasteiger partial charge on any atom is -0.481 e. The molecule has 0 spiro atoms. The first-order valence-corrected chi connectivity index (χ1v) is 9.81. The number of carboxylic acid groups (broad SMARTS) is 1. The second kappa shape index (κ2) is 9.98. The number of rotatable bonds is 9. The van der Waals surface area contributed by atoms with Crippen molar-refractivity contribution in [1.82, 2.24) is 5.32 Å². The molecule has 0 heterocycles. The lowest BCUT2D eigenvalue weighted by atomic mass is 9.99. The van der Waals surface area contributed by atoms with E-state index in [1.54, 1.807) is 0 Å². The monoisotopic (exact) mass is 408 g/mol. The lowest BCUT2D eigenvalue weighted by molar-refractivity contribution is -0.136. The van der Waals surface area contributed by atoms with Crippen molar-refractivity contribution < 1.29 is 9.90 Å². The molecular formula is C21H26Cl2N2O2. The van der Waals surface area contributed by atoms with Crippen LogP contribution in [-0.2, 0) is 11.3 Å². The maximum Gasteiger partial charge on any atom is 0.304 e. The van der Waals surface area contributed by atoms with Gasteiger partial charge >= 0.3 is 5.97 Å². The van der Waals surface area contributed by atoms with Crippen LogP contribution in [0.25, 0.3) is 0 Å². The third-order valence-electron chi connectivity index (χ3n) is 4.49. The van der Waals surface area contributed by atoms with Crippen molar-refractivity contribution in [2.24, 2.45) is 0 Å². The molecule has 27 heavy (non-hydrogen) atoms. The molecule has 0 aliphatic carbocycles. The van der Waals surface area contributed by atoms with E-state index in [4.69, 9.17) is 28.3 Å². The molecule has 0 radical (unpaired) electrons. The van der Waals surface area contributed by atoms with Gasteiger partial charge in [-0.3, -0.25) is 4.79 Å². The number of carbonyl (C=O) groups is 1. The highest BCUT2D eigenvalue weighted by Gasteiger charge is 2.13. The average molecular weight is 409 g/mol. The summed E-state index contributed by atoms with van der Waals surface area (Å²) in [5.41, 5.74) is 5.27. The van der Waals surface area contributed by atoms with Gasteiger partial charge in [0, 0.05) is 28.8 Å². The minimum atomic E-state index is -0.816. The summed E-state index contributed by atoms with van der Waals surface area (Å²) in [6, 6.07) is 10.2. The lowest BCUT2D eigenvalue weighted by Gasteiger charge is -2.21. The summed E-state index contributed by atoms with van der Waals surface area (Å²) in [5.74, 6) is -0.816. The number of anilines is 1. The Hall–Kier alpha value is -1.75. The zero-order valence-corrected chi connectivity index (χ0v) is 17.4. The summed E-state index contributed by atoms with van der Waals surface area (Å²) < 4.78 is 0. The van der Waals surface area contributed by atoms with Gasteiger partial charge in [0.25, 0.3) is 0 Å². The van der Waals surface area contributed by atoms with Gasteiger partial charge in [0.1, 0.15) is 0 Å². The molecule has 1 atom stereocenters. The molecule has 2 aromatic carbocycles. The summed E-state index contributed by atoms with van der Waals surface area (Å²) >= 11 is 12.6. The molecule has 146 valence electrons. The minimum absolute atomic E-state index is 0.0860. The van der Waals surface area contributed by atoms with Crippen LogP contribution in [0.3, 0.4) is 0 Å². The van der Waals surface area contributed by atoms with Crippen LogP contribution in [0.15, 0.2) is 30.3 Å². The van der Waals surface area contributed by atoms with Crippen LogP contribution in [-0.4, -0.2) is 17.6 Å². The van der Waals surface area contributed by atoms with Crippen LogP contribution in [0.5, 0.6) is 0 Å². The van der Waals surface area contributed by atoms with Gasteiger partial charge in [0.15, 0.2) is 0 Å². The first kappa shape index (κ1) is 21.5. The molecule has 6 heteroatoms. The molecule has 0 bridgehead atoms. The molecule has 3 N–H and O–H groups in total. The van der Waals surface area contributed by atoms with Gasteiger partial charge in [-0.2, -0.15) is 0 Å². The topological polar surface area (TPSA) is 61.4 Å². The Labute approximate surface area is 170 Å². The van der Waals surface area contributed by atoms with Gasteiger partial charge in [-0.25, -0.2) is 0 Å². The van der Waals surface area contributed by atoms with Gasteiger partial charge in [0.05, 0.1) is 12.5 Å². The first-order valence-electron chi connectivity index (χ1n) is 9.06. The van der Waals surface area contributed by atoms with Crippen molar-refractivity contribution >= 4 is 34.9 Å². The second-order valence-corrected chi connectivity index (χ2v) is 7.49. The van der Waals surface area contributed by atoms with Crippen LogP contribution in [0.4, 0.5) is 5.69 Å². The number of hydrogen-bond acceptors (Lipinski definition) is 3. The molecule has 0 amide bonds. The molecule has 0 aliphatic heterocycles. The Balaban J connectivity index is 2.13. The number of benzene rings is 2. The van der Waals surface area contributed by atoms with Gasteiger partial charge < -0.3 is 15.7 Å². The molecule has 1 unspecified atom stereocenters. The lowest BCUT2D eigenvalue weighted by Crippen LogP contribution is -2.18. The van der Waals surface area contributed by atoms with E-state index in [1.807, 2.05) is 32.0 Å². The zero-order valence-electron chi connectivity index (χ0n) is 15.9. The maximum atomic E-state index is 10.6. The Bertz CT molecular complexity index is 786. The van der Waals surface area contributed by atoms with Crippen LogP contribution in [0.2, 0.25) is 10.0 Å². The smallest absolute Gasteiger partial charge is 0.304 e. The second-order valence-electron chi connectivity index (χ2n) is 6.70. The quantitative estimate of drug-likeness (QED) is 0.463. The molecular weight excluding hydrogens is 383 g/mol. The molecule has 2 rings (SSSR count). The molecule has 0 saturated heterocycles. The molecule has 0 aliphatic rings. The fraction of sp³-hybridized carbons (Fsp3) is 0.381. The van der Waals surface area contributed by atoms with E-state index in [9.17, 15) is 4.79 Å². The van der Waals surface area contributed by atoms with Gasteiger partial charge in [0.2, 0.25) is 0 Å². The zero-order chi connectivity index (χ0) is 20.0. The molecule has 2 aromatic rings. The van der Waals surface area contributed by atoms with E-state index in [-0.39, 0.29) is 12.5 Å². The fourth-order valence-corrected chi connectivity index (χ4v) is 3.31. The number of hydrogen-bond donors (Lipinski definition) is 3. The number of halogens is 2. The van der Waals surface area contributed by atoms with Crippen LogP contribution < -0.4 is 10.6 Å². The van der Waals surface area contributed by atoms with Crippen LogP contribution >= 0.6 is 23.2 Å². The molecule has 0 fully saturated rings. The van der Waals surface area contributed by atoms with Crippen molar-refractivity contribution in [3.8, 4) is 0 Å².